The summed E-state index contributed by atoms with van der Waals surface area (Å²) in [5, 5.41) is 0. The van der Waals surface area contributed by atoms with E-state index in [0.717, 1.165) is 31.7 Å². The number of aromatic nitrogens is 2. The van der Waals surface area contributed by atoms with E-state index < -0.39 is 0 Å². The maximum Gasteiger partial charge on any atom is 0.226 e. The Morgan fingerprint density at radius 2 is 2.12 bits per heavy atom. The number of morpholine rings is 1. The lowest BCUT2D eigenvalue weighted by Gasteiger charge is -2.44. The van der Waals surface area contributed by atoms with Crippen molar-refractivity contribution in [3.05, 3.63) is 18.6 Å². The van der Waals surface area contributed by atoms with Crippen LogP contribution < -0.4 is 4.90 Å². The third-order valence-electron chi connectivity index (χ3n) is 4.86. The first-order valence-corrected chi connectivity index (χ1v) is 8.95. The normalized spacial score (nSPS) is 24.4. The van der Waals surface area contributed by atoms with E-state index in [1.54, 1.807) is 25.7 Å². The molecule has 0 spiro atoms. The first-order valence-electron chi connectivity index (χ1n) is 8.95. The van der Waals surface area contributed by atoms with Crippen LogP contribution in [0.3, 0.4) is 0 Å². The molecule has 7 heteroatoms. The number of carbonyl (C=O) groups is 1. The van der Waals surface area contributed by atoms with Gasteiger partial charge < -0.3 is 19.3 Å². The molecular weight excluding hydrogens is 320 g/mol. The van der Waals surface area contributed by atoms with Gasteiger partial charge in [0.15, 0.2) is 0 Å². The first kappa shape index (κ1) is 18.1. The molecule has 0 radical (unpaired) electrons. The minimum Gasteiger partial charge on any atom is -0.382 e. The van der Waals surface area contributed by atoms with Gasteiger partial charge in [0.25, 0.3) is 0 Å². The van der Waals surface area contributed by atoms with Crippen molar-refractivity contribution < 1.29 is 14.3 Å². The number of hydrogen-bond donors (Lipinski definition) is 0. The molecule has 0 saturated carbocycles. The van der Waals surface area contributed by atoms with Crippen molar-refractivity contribution in [2.45, 2.75) is 38.4 Å². The zero-order chi connectivity index (χ0) is 17.9. The number of amides is 1. The number of piperidine rings is 1. The van der Waals surface area contributed by atoms with Gasteiger partial charge in [-0.05, 0) is 26.7 Å². The van der Waals surface area contributed by atoms with Crippen LogP contribution >= 0.6 is 0 Å². The standard InChI is InChI=1S/C18H28N4O3/c1-18(2)13-22(11-15(25-18)12-24-3)17(23)14-4-8-21(9-5-14)16-10-19-6-7-20-16/h6-7,10,14-15H,4-5,8-9,11-13H2,1-3H3/t15-/m1/s1. The van der Waals surface area contributed by atoms with Crippen molar-refractivity contribution in [2.24, 2.45) is 5.92 Å². The molecule has 0 unspecified atom stereocenters. The Morgan fingerprint density at radius 1 is 1.36 bits per heavy atom. The maximum atomic E-state index is 13.0. The van der Waals surface area contributed by atoms with E-state index in [0.29, 0.717) is 19.7 Å². The van der Waals surface area contributed by atoms with Gasteiger partial charge >= 0.3 is 0 Å². The molecule has 138 valence electrons. The van der Waals surface area contributed by atoms with Crippen LogP contribution in [-0.4, -0.2) is 72.4 Å². The molecule has 0 aromatic carbocycles. The van der Waals surface area contributed by atoms with E-state index in [1.807, 2.05) is 18.7 Å². The molecule has 1 aromatic heterocycles. The summed E-state index contributed by atoms with van der Waals surface area (Å²) in [7, 11) is 1.67. The van der Waals surface area contributed by atoms with Gasteiger partial charge in [-0.3, -0.25) is 9.78 Å². The lowest BCUT2D eigenvalue weighted by molar-refractivity contribution is -0.172. The fourth-order valence-electron chi connectivity index (χ4n) is 3.80. The van der Waals surface area contributed by atoms with Crippen molar-refractivity contribution in [1.29, 1.82) is 0 Å². The van der Waals surface area contributed by atoms with Crippen molar-refractivity contribution in [2.75, 3.05) is 44.8 Å². The van der Waals surface area contributed by atoms with Crippen molar-refractivity contribution in [3.63, 3.8) is 0 Å². The highest BCUT2D eigenvalue weighted by atomic mass is 16.5. The number of hydrogen-bond acceptors (Lipinski definition) is 6. The topological polar surface area (TPSA) is 67.8 Å². The molecule has 0 bridgehead atoms. The predicted octanol–water partition coefficient (Wildman–Crippen LogP) is 1.35. The Morgan fingerprint density at radius 3 is 2.76 bits per heavy atom. The molecule has 0 N–H and O–H groups in total. The maximum absolute atomic E-state index is 13.0. The van der Waals surface area contributed by atoms with Crippen molar-refractivity contribution in [1.82, 2.24) is 14.9 Å². The molecule has 7 nitrogen and oxygen atoms in total. The molecule has 2 aliphatic rings. The van der Waals surface area contributed by atoms with Gasteiger partial charge in [-0.25, -0.2) is 4.98 Å². The molecule has 2 aliphatic heterocycles. The highest BCUT2D eigenvalue weighted by Crippen LogP contribution is 2.27. The van der Waals surface area contributed by atoms with E-state index in [1.165, 1.54) is 0 Å². The quantitative estimate of drug-likeness (QED) is 0.818. The number of ether oxygens (including phenoxy) is 2. The molecule has 25 heavy (non-hydrogen) atoms. The fraction of sp³-hybridized carbons (Fsp3) is 0.722. The lowest BCUT2D eigenvalue weighted by atomic mass is 9.93. The Balaban J connectivity index is 1.58. The third-order valence-corrected chi connectivity index (χ3v) is 4.86. The Bertz CT molecular complexity index is 573. The van der Waals surface area contributed by atoms with E-state index in [2.05, 4.69) is 14.9 Å². The van der Waals surface area contributed by atoms with E-state index >= 15 is 0 Å². The Labute approximate surface area is 149 Å². The van der Waals surface area contributed by atoms with Crippen molar-refractivity contribution in [3.8, 4) is 0 Å². The van der Waals surface area contributed by atoms with Crippen LogP contribution in [-0.2, 0) is 14.3 Å². The molecule has 3 rings (SSSR count). The van der Waals surface area contributed by atoms with Crippen molar-refractivity contribution >= 4 is 11.7 Å². The lowest BCUT2D eigenvalue weighted by Crippen LogP contribution is -2.57. The monoisotopic (exact) mass is 348 g/mol. The molecule has 3 heterocycles. The Kier molecular flexibility index (Phi) is 5.54. The molecular formula is C18H28N4O3. The highest BCUT2D eigenvalue weighted by Gasteiger charge is 2.38. The number of methoxy groups -OCH3 is 1. The minimum atomic E-state index is -0.336. The van der Waals surface area contributed by atoms with Gasteiger partial charge in [-0.1, -0.05) is 0 Å². The van der Waals surface area contributed by atoms with E-state index in [4.69, 9.17) is 9.47 Å². The second kappa shape index (κ2) is 7.66. The van der Waals surface area contributed by atoms with Gasteiger partial charge in [-0.2, -0.15) is 0 Å². The van der Waals surface area contributed by atoms with Gasteiger partial charge in [0.2, 0.25) is 5.91 Å². The largest absolute Gasteiger partial charge is 0.382 e. The third kappa shape index (κ3) is 4.46. The molecule has 0 aliphatic carbocycles. The Hall–Kier alpha value is -1.73. The molecule has 1 amide bonds. The van der Waals surface area contributed by atoms with Crippen LogP contribution in [0.5, 0.6) is 0 Å². The summed E-state index contributed by atoms with van der Waals surface area (Å²) < 4.78 is 11.2. The second-order valence-electron chi connectivity index (χ2n) is 7.50. The van der Waals surface area contributed by atoms with Crippen LogP contribution in [0, 0.1) is 5.92 Å². The number of carbonyl (C=O) groups excluding carboxylic acids is 1. The van der Waals surface area contributed by atoms with Crippen LogP contribution in [0.15, 0.2) is 18.6 Å². The summed E-state index contributed by atoms with van der Waals surface area (Å²) in [5.74, 6) is 1.21. The SMILES string of the molecule is COC[C@H]1CN(C(=O)C2CCN(c3cnccn3)CC2)CC(C)(C)O1. The first-order chi connectivity index (χ1) is 12.0. The summed E-state index contributed by atoms with van der Waals surface area (Å²) in [6.45, 7) is 7.50. The average molecular weight is 348 g/mol. The molecule has 1 aromatic rings. The zero-order valence-electron chi connectivity index (χ0n) is 15.4. The molecule has 1 atom stereocenters. The molecule has 2 saturated heterocycles. The van der Waals surface area contributed by atoms with Gasteiger partial charge in [0, 0.05) is 51.6 Å². The summed E-state index contributed by atoms with van der Waals surface area (Å²) in [4.78, 5) is 25.7. The highest BCUT2D eigenvalue weighted by molar-refractivity contribution is 5.79. The minimum absolute atomic E-state index is 0.0580. The number of anilines is 1. The van der Waals surface area contributed by atoms with Crippen LogP contribution in [0.1, 0.15) is 26.7 Å². The molecule has 2 fully saturated rings. The zero-order valence-corrected chi connectivity index (χ0v) is 15.4. The van der Waals surface area contributed by atoms with Crippen LogP contribution in [0.4, 0.5) is 5.82 Å². The summed E-state index contributed by atoms with van der Waals surface area (Å²) >= 11 is 0. The van der Waals surface area contributed by atoms with Gasteiger partial charge in [-0.15, -0.1) is 0 Å². The smallest absolute Gasteiger partial charge is 0.226 e. The van der Waals surface area contributed by atoms with E-state index in [9.17, 15) is 4.79 Å². The summed E-state index contributed by atoms with van der Waals surface area (Å²) in [6, 6.07) is 0. The number of nitrogens with zero attached hydrogens (tertiary/aromatic N) is 4. The van der Waals surface area contributed by atoms with Crippen LogP contribution in [0.2, 0.25) is 0 Å². The van der Waals surface area contributed by atoms with E-state index in [-0.39, 0.29) is 23.5 Å². The summed E-state index contributed by atoms with van der Waals surface area (Å²) in [5.41, 5.74) is -0.336. The number of rotatable bonds is 4. The van der Waals surface area contributed by atoms with Gasteiger partial charge in [0.1, 0.15) is 5.82 Å². The van der Waals surface area contributed by atoms with Crippen LogP contribution in [0.25, 0.3) is 0 Å². The average Bonchev–Trinajstić information content (AvgIpc) is 2.61. The fourth-order valence-corrected chi connectivity index (χ4v) is 3.80. The predicted molar refractivity (Wildman–Crippen MR) is 94.4 cm³/mol. The van der Waals surface area contributed by atoms with Gasteiger partial charge in [0.05, 0.1) is 24.5 Å². The summed E-state index contributed by atoms with van der Waals surface area (Å²) in [6.07, 6.45) is 6.80. The second-order valence-corrected chi connectivity index (χ2v) is 7.50.